The summed E-state index contributed by atoms with van der Waals surface area (Å²) >= 11 is 0. The van der Waals surface area contributed by atoms with Crippen molar-refractivity contribution in [2.75, 3.05) is 20.8 Å². The van der Waals surface area contributed by atoms with Crippen molar-refractivity contribution < 1.29 is 36.2 Å². The van der Waals surface area contributed by atoms with Gasteiger partial charge in [-0.05, 0) is 32.0 Å². The van der Waals surface area contributed by atoms with E-state index in [4.69, 9.17) is 9.84 Å². The zero-order valence-corrected chi connectivity index (χ0v) is 16.9. The molecule has 0 saturated heterocycles. The number of carbonyl (C=O) groups is 1. The Bertz CT molecular complexity index is 1020. The number of rotatable bonds is 8. The van der Waals surface area contributed by atoms with Crippen LogP contribution >= 0.6 is 0 Å². The van der Waals surface area contributed by atoms with E-state index in [1.807, 2.05) is 0 Å². The number of aryl methyl sites for hydroxylation is 1. The highest BCUT2D eigenvalue weighted by Crippen LogP contribution is 2.38. The summed E-state index contributed by atoms with van der Waals surface area (Å²) in [6, 6.07) is 2.94. The summed E-state index contributed by atoms with van der Waals surface area (Å²) in [4.78, 5) is 11.1. The molecular formula is C17H20F3N3O5S. The number of carboxylic acids is 1. The molecule has 1 aromatic heterocycles. The molecule has 1 aromatic carbocycles. The lowest BCUT2D eigenvalue weighted by Gasteiger charge is -2.18. The highest BCUT2D eigenvalue weighted by molar-refractivity contribution is 7.87. The highest BCUT2D eigenvalue weighted by Gasteiger charge is 2.33. The van der Waals surface area contributed by atoms with E-state index in [0.29, 0.717) is 4.09 Å². The standard InChI is InChI=1S/C17H20F3N3O5S/c1-10-14(8-23(21-10)29(26,27)22(3)4)13-7-12(17(19,20)9-18)5-6-15(13)28-11(2)16(24)25/h5-8,11H,9H2,1-4H3,(H,24,25)/t11-/m0/s1. The third kappa shape index (κ3) is 4.53. The van der Waals surface area contributed by atoms with E-state index in [1.54, 1.807) is 0 Å². The molecule has 2 aromatic rings. The summed E-state index contributed by atoms with van der Waals surface area (Å²) < 4.78 is 72.0. The number of aliphatic carboxylic acids is 1. The van der Waals surface area contributed by atoms with Crippen LogP contribution in [0.15, 0.2) is 24.4 Å². The van der Waals surface area contributed by atoms with Crippen LogP contribution in [0.5, 0.6) is 5.75 Å². The van der Waals surface area contributed by atoms with Crippen molar-refractivity contribution in [3.63, 3.8) is 0 Å². The van der Waals surface area contributed by atoms with Gasteiger partial charge in [-0.25, -0.2) is 9.18 Å². The van der Waals surface area contributed by atoms with Gasteiger partial charge < -0.3 is 9.84 Å². The molecule has 1 heterocycles. The summed E-state index contributed by atoms with van der Waals surface area (Å²) in [6.45, 7) is 0.746. The Balaban J connectivity index is 2.69. The van der Waals surface area contributed by atoms with Crippen molar-refractivity contribution in [2.45, 2.75) is 25.9 Å². The maximum Gasteiger partial charge on any atom is 0.344 e. The van der Waals surface area contributed by atoms with Crippen LogP contribution in [0.4, 0.5) is 13.2 Å². The molecule has 12 heteroatoms. The lowest BCUT2D eigenvalue weighted by Crippen LogP contribution is -2.29. The summed E-state index contributed by atoms with van der Waals surface area (Å²) in [5.41, 5.74) is -0.446. The minimum atomic E-state index is -3.98. The first-order valence-corrected chi connectivity index (χ1v) is 9.68. The third-order valence-corrected chi connectivity index (χ3v) is 5.67. The van der Waals surface area contributed by atoms with Gasteiger partial charge in [0.2, 0.25) is 0 Å². The molecule has 0 radical (unpaired) electrons. The Labute approximate surface area is 165 Å². The quantitative estimate of drug-likeness (QED) is 0.683. The third-order valence-electron chi connectivity index (χ3n) is 4.09. The Morgan fingerprint density at radius 3 is 2.48 bits per heavy atom. The van der Waals surface area contributed by atoms with Crippen LogP contribution < -0.4 is 4.74 Å². The number of halogens is 3. The molecule has 0 bridgehead atoms. The van der Waals surface area contributed by atoms with Crippen molar-refractivity contribution in [1.82, 2.24) is 13.5 Å². The number of aromatic nitrogens is 2. The maximum atomic E-state index is 13.9. The van der Waals surface area contributed by atoms with Crippen LogP contribution in [0.25, 0.3) is 11.1 Å². The first kappa shape index (κ1) is 22.7. The van der Waals surface area contributed by atoms with Crippen molar-refractivity contribution in [3.8, 4) is 16.9 Å². The Morgan fingerprint density at radius 2 is 1.97 bits per heavy atom. The Morgan fingerprint density at radius 1 is 1.34 bits per heavy atom. The zero-order chi connectivity index (χ0) is 22.1. The van der Waals surface area contributed by atoms with Gasteiger partial charge in [0.15, 0.2) is 12.8 Å². The van der Waals surface area contributed by atoms with Gasteiger partial charge in [-0.2, -0.15) is 30.7 Å². The first-order valence-electron chi connectivity index (χ1n) is 8.28. The number of carboxylic acid groups (broad SMARTS) is 1. The minimum Gasteiger partial charge on any atom is -0.479 e. The van der Waals surface area contributed by atoms with Crippen molar-refractivity contribution >= 4 is 16.2 Å². The number of hydrogen-bond donors (Lipinski definition) is 1. The number of alkyl halides is 3. The number of nitrogens with zero attached hydrogens (tertiary/aromatic N) is 3. The number of hydrogen-bond acceptors (Lipinski definition) is 5. The summed E-state index contributed by atoms with van der Waals surface area (Å²) in [5, 5.41) is 13.0. The summed E-state index contributed by atoms with van der Waals surface area (Å²) in [7, 11) is -1.40. The highest BCUT2D eigenvalue weighted by atomic mass is 32.2. The predicted molar refractivity (Wildman–Crippen MR) is 98.0 cm³/mol. The largest absolute Gasteiger partial charge is 0.479 e. The van der Waals surface area contributed by atoms with Crippen LogP contribution in [0, 0.1) is 6.92 Å². The predicted octanol–water partition coefficient (Wildman–Crippen LogP) is 2.43. The average Bonchev–Trinajstić information content (AvgIpc) is 3.03. The normalized spacial score (nSPS) is 13.5. The SMILES string of the molecule is Cc1nn(S(=O)(=O)N(C)C)cc1-c1cc(C(F)(F)CF)ccc1O[C@@H](C)C(=O)O. The zero-order valence-electron chi connectivity index (χ0n) is 16.1. The van der Waals surface area contributed by atoms with Crippen LogP contribution in [0.2, 0.25) is 0 Å². The fourth-order valence-corrected chi connectivity index (χ4v) is 3.17. The molecule has 160 valence electrons. The molecular weight excluding hydrogens is 415 g/mol. The van der Waals surface area contributed by atoms with E-state index in [0.717, 1.165) is 28.7 Å². The van der Waals surface area contributed by atoms with Gasteiger partial charge in [0, 0.05) is 30.8 Å². The van der Waals surface area contributed by atoms with E-state index < -0.39 is 40.4 Å². The van der Waals surface area contributed by atoms with E-state index in [-0.39, 0.29) is 22.6 Å². The molecule has 8 nitrogen and oxygen atoms in total. The van der Waals surface area contributed by atoms with Crippen LogP contribution in [-0.2, 0) is 20.9 Å². The van der Waals surface area contributed by atoms with Crippen LogP contribution in [0.3, 0.4) is 0 Å². The maximum absolute atomic E-state index is 13.9. The second-order valence-electron chi connectivity index (χ2n) is 6.44. The molecule has 1 atom stereocenters. The molecule has 0 amide bonds. The molecule has 1 N–H and O–H groups in total. The average molecular weight is 435 g/mol. The molecule has 2 rings (SSSR count). The molecule has 0 aliphatic rings. The molecule has 0 saturated carbocycles. The van der Waals surface area contributed by atoms with Crippen LogP contribution in [0.1, 0.15) is 18.2 Å². The molecule has 0 unspecified atom stereocenters. The summed E-state index contributed by atoms with van der Waals surface area (Å²) in [5.74, 6) is -5.18. The molecule has 0 aliphatic carbocycles. The lowest BCUT2D eigenvalue weighted by molar-refractivity contribution is -0.144. The van der Waals surface area contributed by atoms with E-state index in [9.17, 15) is 26.4 Å². The van der Waals surface area contributed by atoms with Gasteiger partial charge in [-0.3, -0.25) is 0 Å². The molecule has 0 fully saturated rings. The molecule has 29 heavy (non-hydrogen) atoms. The number of ether oxygens (including phenoxy) is 1. The van der Waals surface area contributed by atoms with Crippen molar-refractivity contribution in [3.05, 3.63) is 35.7 Å². The van der Waals surface area contributed by atoms with E-state index >= 15 is 0 Å². The van der Waals surface area contributed by atoms with Gasteiger partial charge in [-0.1, -0.05) is 0 Å². The van der Waals surface area contributed by atoms with Crippen molar-refractivity contribution in [1.29, 1.82) is 0 Å². The van der Waals surface area contributed by atoms with Crippen molar-refractivity contribution in [2.24, 2.45) is 0 Å². The van der Waals surface area contributed by atoms with Gasteiger partial charge in [-0.15, -0.1) is 0 Å². The monoisotopic (exact) mass is 435 g/mol. The Hall–Kier alpha value is -2.60. The Kier molecular flexibility index (Phi) is 6.28. The minimum absolute atomic E-state index is 0.0403. The van der Waals surface area contributed by atoms with E-state index in [2.05, 4.69) is 5.10 Å². The topological polar surface area (TPSA) is 102 Å². The molecule has 0 spiro atoms. The van der Waals surface area contributed by atoms with Crippen LogP contribution in [-0.4, -0.2) is 59.9 Å². The second kappa shape index (κ2) is 8.03. The molecule has 0 aliphatic heterocycles. The number of benzene rings is 1. The smallest absolute Gasteiger partial charge is 0.344 e. The van der Waals surface area contributed by atoms with Gasteiger partial charge in [0.1, 0.15) is 5.75 Å². The fraction of sp³-hybridized carbons (Fsp3) is 0.412. The second-order valence-corrected chi connectivity index (χ2v) is 8.44. The summed E-state index contributed by atoms with van der Waals surface area (Å²) in [6.07, 6.45) is -0.225. The van der Waals surface area contributed by atoms with Gasteiger partial charge in [0.25, 0.3) is 0 Å². The first-order chi connectivity index (χ1) is 13.3. The van der Waals surface area contributed by atoms with Gasteiger partial charge in [0.05, 0.1) is 11.9 Å². The fourth-order valence-electron chi connectivity index (χ4n) is 2.37. The van der Waals surface area contributed by atoms with E-state index in [1.165, 1.54) is 27.9 Å². The lowest BCUT2D eigenvalue weighted by atomic mass is 10.00. The van der Waals surface area contributed by atoms with Gasteiger partial charge >= 0.3 is 22.1 Å².